The van der Waals surface area contributed by atoms with Gasteiger partial charge in [0.2, 0.25) is 0 Å². The van der Waals surface area contributed by atoms with Crippen molar-refractivity contribution in [3.8, 4) is 0 Å². The normalized spacial score (nSPS) is 15.1. The minimum Gasteiger partial charge on any atom is -0.291 e. The van der Waals surface area contributed by atoms with Crippen molar-refractivity contribution in [1.29, 1.82) is 0 Å². The van der Waals surface area contributed by atoms with Gasteiger partial charge in [-0.2, -0.15) is 0 Å². The number of hydrogen-bond acceptors (Lipinski definition) is 1. The number of rotatable bonds is 2. The van der Waals surface area contributed by atoms with Crippen molar-refractivity contribution in [1.82, 2.24) is 0 Å². The topological polar surface area (TPSA) is 17.1 Å². The molecule has 80 valence electrons. The molecule has 0 saturated heterocycles. The smallest absolute Gasteiger partial charge is 0.195 e. The van der Waals surface area contributed by atoms with Crippen molar-refractivity contribution in [2.75, 3.05) is 0 Å². The lowest BCUT2D eigenvalue weighted by Crippen LogP contribution is -2.10. The molecule has 1 aromatic rings. The zero-order chi connectivity index (χ0) is 10.8. The van der Waals surface area contributed by atoms with E-state index in [9.17, 15) is 4.79 Å². The Kier molecular flexibility index (Phi) is 3.32. The summed E-state index contributed by atoms with van der Waals surface area (Å²) in [5.74, 6) is -0.202. The lowest BCUT2D eigenvalue weighted by atomic mass is 9.90. The summed E-state index contributed by atoms with van der Waals surface area (Å²) in [6.07, 6.45) is 4.63. The second kappa shape index (κ2) is 4.54. The maximum atomic E-state index is 11.6. The Morgan fingerprint density at radius 2 is 1.80 bits per heavy atom. The third-order valence-corrected chi connectivity index (χ3v) is 3.23. The first-order valence-electron chi connectivity index (χ1n) is 5.12. The summed E-state index contributed by atoms with van der Waals surface area (Å²) >= 11 is 11.1. The summed E-state index contributed by atoms with van der Waals surface area (Å²) in [4.78, 5) is 10.6. The van der Waals surface area contributed by atoms with E-state index in [1.165, 1.54) is 24.0 Å². The Balaban J connectivity index is 2.32. The number of hydrogen-bond donors (Lipinski definition) is 0. The van der Waals surface area contributed by atoms with Gasteiger partial charge >= 0.3 is 0 Å². The van der Waals surface area contributed by atoms with Crippen molar-refractivity contribution in [2.24, 2.45) is 0 Å². The van der Waals surface area contributed by atoms with E-state index in [0.29, 0.717) is 5.56 Å². The fraction of sp³-hybridized carbons (Fsp3) is 0.417. The van der Waals surface area contributed by atoms with Crippen LogP contribution in [0.25, 0.3) is 0 Å². The molecule has 0 N–H and O–H groups in total. The molecule has 1 nitrogen and oxygen atoms in total. The van der Waals surface area contributed by atoms with Gasteiger partial charge in [-0.05, 0) is 42.9 Å². The zero-order valence-corrected chi connectivity index (χ0v) is 9.81. The third-order valence-electron chi connectivity index (χ3n) is 2.83. The molecule has 0 bridgehead atoms. The summed E-state index contributed by atoms with van der Waals surface area (Å²) in [7, 11) is 0. The highest BCUT2D eigenvalue weighted by molar-refractivity contribution is 6.55. The molecule has 0 atom stereocenters. The van der Waals surface area contributed by atoms with E-state index in [2.05, 4.69) is 0 Å². The first kappa shape index (κ1) is 11.0. The van der Waals surface area contributed by atoms with Crippen molar-refractivity contribution in [3.05, 3.63) is 34.9 Å². The molecule has 2 rings (SSSR count). The minimum absolute atomic E-state index is 0.202. The van der Waals surface area contributed by atoms with Gasteiger partial charge in [0.25, 0.3) is 0 Å². The molecular formula is C12H12Cl2O. The first-order chi connectivity index (χ1) is 7.18. The number of alkyl halides is 2. The van der Waals surface area contributed by atoms with Crippen LogP contribution in [0.3, 0.4) is 0 Å². The molecular weight excluding hydrogens is 231 g/mol. The Morgan fingerprint density at radius 3 is 2.47 bits per heavy atom. The third kappa shape index (κ3) is 2.35. The molecule has 0 unspecified atom stereocenters. The SMILES string of the molecule is O=C(c1ccc2c(c1)CCCC2)C(Cl)Cl. The van der Waals surface area contributed by atoms with Gasteiger partial charge in [0, 0.05) is 5.56 Å². The highest BCUT2D eigenvalue weighted by atomic mass is 35.5. The molecule has 0 amide bonds. The fourth-order valence-corrected chi connectivity index (χ4v) is 2.26. The molecule has 0 fully saturated rings. The van der Waals surface area contributed by atoms with E-state index in [4.69, 9.17) is 23.2 Å². The van der Waals surface area contributed by atoms with Gasteiger partial charge in [0.05, 0.1) is 0 Å². The van der Waals surface area contributed by atoms with Gasteiger partial charge in [-0.3, -0.25) is 4.79 Å². The van der Waals surface area contributed by atoms with E-state index < -0.39 is 4.84 Å². The quantitative estimate of drug-likeness (QED) is 0.573. The zero-order valence-electron chi connectivity index (χ0n) is 8.30. The van der Waals surface area contributed by atoms with E-state index in [-0.39, 0.29) is 5.78 Å². The van der Waals surface area contributed by atoms with Crippen LogP contribution in [0, 0.1) is 0 Å². The van der Waals surface area contributed by atoms with Crippen LogP contribution < -0.4 is 0 Å². The molecule has 0 heterocycles. The summed E-state index contributed by atoms with van der Waals surface area (Å²) in [6, 6.07) is 5.79. The molecule has 1 aliphatic rings. The van der Waals surface area contributed by atoms with Crippen LogP contribution in [0.5, 0.6) is 0 Å². The molecule has 3 heteroatoms. The number of ketones is 1. The summed E-state index contributed by atoms with van der Waals surface area (Å²) in [5.41, 5.74) is 3.27. The maximum absolute atomic E-state index is 11.6. The van der Waals surface area contributed by atoms with E-state index in [1.54, 1.807) is 0 Å². The Bertz CT molecular complexity index is 385. The van der Waals surface area contributed by atoms with Crippen LogP contribution in [0.15, 0.2) is 18.2 Å². The Morgan fingerprint density at radius 1 is 1.13 bits per heavy atom. The summed E-state index contributed by atoms with van der Waals surface area (Å²) < 4.78 is 0. The Hall–Kier alpha value is -0.530. The van der Waals surface area contributed by atoms with Crippen LogP contribution in [0.2, 0.25) is 0 Å². The fourth-order valence-electron chi connectivity index (χ4n) is 2.01. The summed E-state index contributed by atoms with van der Waals surface area (Å²) in [6.45, 7) is 0. The standard InChI is InChI=1S/C12H12Cl2O/c13-12(14)11(15)10-6-5-8-3-1-2-4-9(8)7-10/h5-7,12H,1-4H2. The highest BCUT2D eigenvalue weighted by Crippen LogP contribution is 2.23. The molecule has 1 aliphatic carbocycles. The number of halogens is 2. The van der Waals surface area contributed by atoms with Gasteiger partial charge in [-0.1, -0.05) is 35.3 Å². The van der Waals surface area contributed by atoms with Crippen LogP contribution >= 0.6 is 23.2 Å². The lowest BCUT2D eigenvalue weighted by molar-refractivity contribution is 0.101. The van der Waals surface area contributed by atoms with Crippen molar-refractivity contribution >= 4 is 29.0 Å². The van der Waals surface area contributed by atoms with Crippen LogP contribution in [0.4, 0.5) is 0 Å². The molecule has 0 radical (unpaired) electrons. The molecule has 0 aromatic heterocycles. The maximum Gasteiger partial charge on any atom is 0.195 e. The molecule has 0 aliphatic heterocycles. The number of carbonyl (C=O) groups is 1. The number of carbonyl (C=O) groups excluding carboxylic acids is 1. The molecule has 1 aromatic carbocycles. The van der Waals surface area contributed by atoms with E-state index >= 15 is 0 Å². The number of Topliss-reactive ketones (excluding diaryl/α,β-unsaturated/α-hetero) is 1. The summed E-state index contributed by atoms with van der Waals surface area (Å²) in [5, 5.41) is 0. The average molecular weight is 243 g/mol. The number of aryl methyl sites for hydroxylation is 2. The largest absolute Gasteiger partial charge is 0.291 e. The molecule has 15 heavy (non-hydrogen) atoms. The van der Waals surface area contributed by atoms with Crippen LogP contribution in [-0.4, -0.2) is 10.6 Å². The van der Waals surface area contributed by atoms with Crippen LogP contribution in [0.1, 0.15) is 34.3 Å². The Labute approximate surface area is 99.4 Å². The molecule has 0 saturated carbocycles. The first-order valence-corrected chi connectivity index (χ1v) is 6.00. The van der Waals surface area contributed by atoms with Crippen LogP contribution in [-0.2, 0) is 12.8 Å². The van der Waals surface area contributed by atoms with E-state index in [1.807, 2.05) is 18.2 Å². The number of fused-ring (bicyclic) bond motifs is 1. The van der Waals surface area contributed by atoms with Crippen molar-refractivity contribution in [3.63, 3.8) is 0 Å². The number of benzene rings is 1. The van der Waals surface area contributed by atoms with Crippen molar-refractivity contribution in [2.45, 2.75) is 30.5 Å². The second-order valence-electron chi connectivity index (χ2n) is 3.86. The van der Waals surface area contributed by atoms with Gasteiger partial charge in [0.1, 0.15) is 0 Å². The van der Waals surface area contributed by atoms with Gasteiger partial charge in [-0.15, -0.1) is 0 Å². The van der Waals surface area contributed by atoms with Crippen molar-refractivity contribution < 1.29 is 4.79 Å². The van der Waals surface area contributed by atoms with E-state index in [0.717, 1.165) is 12.8 Å². The van der Waals surface area contributed by atoms with Gasteiger partial charge in [0.15, 0.2) is 10.6 Å². The highest BCUT2D eigenvalue weighted by Gasteiger charge is 2.16. The predicted molar refractivity (Wildman–Crippen MR) is 62.9 cm³/mol. The van der Waals surface area contributed by atoms with Gasteiger partial charge < -0.3 is 0 Å². The predicted octanol–water partition coefficient (Wildman–Crippen LogP) is 3.55. The lowest BCUT2D eigenvalue weighted by Gasteiger charge is -2.16. The molecule has 0 spiro atoms. The monoisotopic (exact) mass is 242 g/mol. The van der Waals surface area contributed by atoms with Gasteiger partial charge in [-0.25, -0.2) is 0 Å². The minimum atomic E-state index is -0.952. The second-order valence-corrected chi connectivity index (χ2v) is 4.95. The average Bonchev–Trinajstić information content (AvgIpc) is 2.27.